The van der Waals surface area contributed by atoms with Crippen LogP contribution in [0.2, 0.25) is 0 Å². The highest BCUT2D eigenvalue weighted by Crippen LogP contribution is 2.21. The Balaban J connectivity index is 1.45. The number of amides is 1. The summed E-state index contributed by atoms with van der Waals surface area (Å²) in [4.78, 5) is 20.4. The van der Waals surface area contributed by atoms with Gasteiger partial charge in [-0.05, 0) is 42.8 Å². The second-order valence-electron chi connectivity index (χ2n) is 5.28. The van der Waals surface area contributed by atoms with E-state index in [-0.39, 0.29) is 17.0 Å². The summed E-state index contributed by atoms with van der Waals surface area (Å²) in [6, 6.07) is 11.9. The van der Waals surface area contributed by atoms with E-state index in [2.05, 4.69) is 20.6 Å². The van der Waals surface area contributed by atoms with Gasteiger partial charge in [-0.15, -0.1) is 0 Å². The molecule has 1 aromatic heterocycles. The molecule has 3 rings (SSSR count). The Morgan fingerprint density at radius 2 is 2.08 bits per heavy atom. The smallest absolute Gasteiger partial charge is 0.240 e. The number of carbonyl (C=O) groups is 1. The molecule has 7 heteroatoms. The summed E-state index contributed by atoms with van der Waals surface area (Å²) in [7, 11) is 0. The van der Waals surface area contributed by atoms with E-state index in [1.165, 1.54) is 23.9 Å². The van der Waals surface area contributed by atoms with E-state index >= 15 is 0 Å². The topological polar surface area (TPSA) is 66.4 Å². The summed E-state index contributed by atoms with van der Waals surface area (Å²) in [5.74, 6) is 0.291. The van der Waals surface area contributed by atoms with Gasteiger partial charge in [0.25, 0.3) is 0 Å². The number of amidine groups is 1. The Hall–Kier alpha value is -2.25. The molecule has 1 amide bonds. The summed E-state index contributed by atoms with van der Waals surface area (Å²) < 4.78 is 12.8. The molecular weight excluding hydrogens is 327 g/mol. The molecular formula is C17H17FN4OS. The molecule has 0 spiro atoms. The quantitative estimate of drug-likeness (QED) is 0.789. The highest BCUT2D eigenvalue weighted by atomic mass is 32.2. The third kappa shape index (κ3) is 4.62. The average Bonchev–Trinajstić information content (AvgIpc) is 2.93. The van der Waals surface area contributed by atoms with Gasteiger partial charge >= 0.3 is 0 Å². The van der Waals surface area contributed by atoms with Crippen molar-refractivity contribution in [1.82, 2.24) is 15.6 Å². The van der Waals surface area contributed by atoms with Gasteiger partial charge < -0.3 is 10.6 Å². The lowest BCUT2D eigenvalue weighted by atomic mass is 10.1. The molecule has 24 heavy (non-hydrogen) atoms. The molecule has 2 aromatic rings. The SMILES string of the molecule is O=C1NC(=Nc2ccccn2)SC1CNCCc1ccc(F)cc1. The lowest BCUT2D eigenvalue weighted by Gasteiger charge is -2.07. The largest absolute Gasteiger partial charge is 0.315 e. The van der Waals surface area contributed by atoms with Gasteiger partial charge in [0.1, 0.15) is 11.1 Å². The van der Waals surface area contributed by atoms with Crippen molar-refractivity contribution in [2.24, 2.45) is 4.99 Å². The first-order chi connectivity index (χ1) is 11.7. The van der Waals surface area contributed by atoms with Crippen LogP contribution >= 0.6 is 11.8 Å². The molecule has 1 aliphatic rings. The first-order valence-corrected chi connectivity index (χ1v) is 8.51. The van der Waals surface area contributed by atoms with Crippen molar-refractivity contribution in [2.45, 2.75) is 11.7 Å². The molecule has 1 saturated heterocycles. The number of halogens is 1. The summed E-state index contributed by atoms with van der Waals surface area (Å²) in [5, 5.41) is 6.39. The van der Waals surface area contributed by atoms with Crippen molar-refractivity contribution in [3.05, 3.63) is 60.0 Å². The molecule has 0 saturated carbocycles. The Morgan fingerprint density at radius 3 is 2.83 bits per heavy atom. The predicted molar refractivity (Wildman–Crippen MR) is 93.8 cm³/mol. The maximum Gasteiger partial charge on any atom is 0.240 e. The maximum absolute atomic E-state index is 12.8. The maximum atomic E-state index is 12.8. The minimum absolute atomic E-state index is 0.0519. The summed E-state index contributed by atoms with van der Waals surface area (Å²) in [5.41, 5.74) is 1.06. The van der Waals surface area contributed by atoms with Crippen LogP contribution in [0.3, 0.4) is 0 Å². The number of nitrogens with one attached hydrogen (secondary N) is 2. The first kappa shape index (κ1) is 16.6. The van der Waals surface area contributed by atoms with Gasteiger partial charge in [0.05, 0.1) is 0 Å². The molecule has 124 valence electrons. The predicted octanol–water partition coefficient (Wildman–Crippen LogP) is 2.27. The van der Waals surface area contributed by atoms with Gasteiger partial charge in [-0.3, -0.25) is 4.79 Å². The fourth-order valence-corrected chi connectivity index (χ4v) is 3.18. The molecule has 1 unspecified atom stereocenters. The summed E-state index contributed by atoms with van der Waals surface area (Å²) in [6.07, 6.45) is 2.45. The van der Waals surface area contributed by atoms with Gasteiger partial charge in [0.15, 0.2) is 11.0 Å². The highest BCUT2D eigenvalue weighted by molar-refractivity contribution is 8.15. The summed E-state index contributed by atoms with van der Waals surface area (Å²) in [6.45, 7) is 1.28. The molecule has 1 atom stereocenters. The summed E-state index contributed by atoms with van der Waals surface area (Å²) >= 11 is 1.40. The Bertz CT molecular complexity index is 721. The normalized spacial score (nSPS) is 18.8. The molecule has 0 bridgehead atoms. The molecule has 5 nitrogen and oxygen atoms in total. The van der Waals surface area contributed by atoms with E-state index in [1.54, 1.807) is 24.4 Å². The Kier molecular flexibility index (Phi) is 5.55. The number of aliphatic imine (C=N–C) groups is 1. The van der Waals surface area contributed by atoms with Crippen LogP contribution in [-0.2, 0) is 11.2 Å². The third-order valence-corrected chi connectivity index (χ3v) is 4.56. The van der Waals surface area contributed by atoms with Crippen molar-refractivity contribution < 1.29 is 9.18 Å². The van der Waals surface area contributed by atoms with E-state index in [0.717, 1.165) is 18.5 Å². The van der Waals surface area contributed by atoms with E-state index in [0.29, 0.717) is 17.5 Å². The van der Waals surface area contributed by atoms with Crippen LogP contribution in [0.1, 0.15) is 5.56 Å². The number of thioether (sulfide) groups is 1. The third-order valence-electron chi connectivity index (χ3n) is 3.48. The van der Waals surface area contributed by atoms with Gasteiger partial charge in [0, 0.05) is 12.7 Å². The number of benzene rings is 1. The minimum Gasteiger partial charge on any atom is -0.315 e. The van der Waals surface area contributed by atoms with E-state index in [4.69, 9.17) is 0 Å². The van der Waals surface area contributed by atoms with Gasteiger partial charge in [-0.1, -0.05) is 30.0 Å². The molecule has 1 fully saturated rings. The number of nitrogens with zero attached hydrogens (tertiary/aromatic N) is 2. The van der Waals surface area contributed by atoms with Crippen LogP contribution in [0.15, 0.2) is 53.7 Å². The molecule has 1 aromatic carbocycles. The Morgan fingerprint density at radius 1 is 1.25 bits per heavy atom. The van der Waals surface area contributed by atoms with Gasteiger partial charge in [-0.2, -0.15) is 0 Å². The number of carbonyl (C=O) groups excluding carboxylic acids is 1. The molecule has 0 radical (unpaired) electrons. The zero-order valence-corrected chi connectivity index (χ0v) is 13.7. The van der Waals surface area contributed by atoms with Crippen molar-refractivity contribution >= 4 is 28.7 Å². The molecule has 1 aliphatic heterocycles. The van der Waals surface area contributed by atoms with E-state index < -0.39 is 0 Å². The number of hydrogen-bond acceptors (Lipinski definition) is 5. The fraction of sp³-hybridized carbons (Fsp3) is 0.235. The van der Waals surface area contributed by atoms with Crippen LogP contribution in [0, 0.1) is 5.82 Å². The van der Waals surface area contributed by atoms with Gasteiger partial charge in [-0.25, -0.2) is 14.4 Å². The van der Waals surface area contributed by atoms with E-state index in [9.17, 15) is 9.18 Å². The molecule has 2 heterocycles. The molecule has 2 N–H and O–H groups in total. The average molecular weight is 344 g/mol. The first-order valence-electron chi connectivity index (χ1n) is 7.63. The highest BCUT2D eigenvalue weighted by Gasteiger charge is 2.29. The second-order valence-corrected chi connectivity index (χ2v) is 6.47. The van der Waals surface area contributed by atoms with Crippen LogP contribution in [-0.4, -0.2) is 34.4 Å². The number of pyridine rings is 1. The van der Waals surface area contributed by atoms with Crippen molar-refractivity contribution in [3.8, 4) is 0 Å². The Labute approximate surface area is 143 Å². The minimum atomic E-state index is -0.231. The van der Waals surface area contributed by atoms with E-state index in [1.807, 2.05) is 12.1 Å². The van der Waals surface area contributed by atoms with Crippen LogP contribution in [0.4, 0.5) is 10.2 Å². The number of hydrogen-bond donors (Lipinski definition) is 2. The van der Waals surface area contributed by atoms with Crippen LogP contribution < -0.4 is 10.6 Å². The van der Waals surface area contributed by atoms with Crippen molar-refractivity contribution in [2.75, 3.05) is 13.1 Å². The number of rotatable bonds is 6. The standard InChI is InChI=1S/C17H17FN4OS/c18-13-6-4-12(5-7-13)8-10-19-11-14-16(23)22-17(24-14)21-15-3-1-2-9-20-15/h1-7,9,14,19H,8,10-11H2,(H,20,21,22,23). The van der Waals surface area contributed by atoms with Crippen molar-refractivity contribution in [3.63, 3.8) is 0 Å². The van der Waals surface area contributed by atoms with Crippen molar-refractivity contribution in [1.29, 1.82) is 0 Å². The molecule has 0 aliphatic carbocycles. The van der Waals surface area contributed by atoms with Crippen LogP contribution in [0.25, 0.3) is 0 Å². The second kappa shape index (κ2) is 8.03. The lowest BCUT2D eigenvalue weighted by Crippen LogP contribution is -2.33. The van der Waals surface area contributed by atoms with Crippen LogP contribution in [0.5, 0.6) is 0 Å². The fourth-order valence-electron chi connectivity index (χ4n) is 2.23. The zero-order valence-electron chi connectivity index (χ0n) is 12.9. The lowest BCUT2D eigenvalue weighted by molar-refractivity contribution is -0.118. The number of aromatic nitrogens is 1. The van der Waals surface area contributed by atoms with Gasteiger partial charge in [0.2, 0.25) is 5.91 Å². The monoisotopic (exact) mass is 344 g/mol. The zero-order chi connectivity index (χ0) is 16.8.